The molecule has 0 aliphatic carbocycles. The van der Waals surface area contributed by atoms with Gasteiger partial charge in [-0.25, -0.2) is 4.79 Å². The highest BCUT2D eigenvalue weighted by molar-refractivity contribution is 5.87. The molecule has 7 heteroatoms. The predicted octanol–water partition coefficient (Wildman–Crippen LogP) is 0.742. The topological polar surface area (TPSA) is 87.8 Å². The molecule has 2 N–H and O–H groups in total. The van der Waals surface area contributed by atoms with Crippen LogP contribution in [-0.4, -0.2) is 56.2 Å². The maximum Gasteiger partial charge on any atom is 0.335 e. The van der Waals surface area contributed by atoms with Crippen LogP contribution in [0.25, 0.3) is 0 Å². The molecule has 2 atom stereocenters. The van der Waals surface area contributed by atoms with Crippen molar-refractivity contribution in [2.45, 2.75) is 18.8 Å². The molecule has 1 aromatic carbocycles. The Kier molecular flexibility index (Phi) is 4.31. The minimum absolute atomic E-state index is 0.211. The highest BCUT2D eigenvalue weighted by Gasteiger charge is 2.33. The summed E-state index contributed by atoms with van der Waals surface area (Å²) in [7, 11) is 1.87. The number of β-amino-alcohol motifs (C(OH)–C–C–N with tert-alkyl or cyclic N) is 1. The van der Waals surface area contributed by atoms with E-state index in [1.807, 2.05) is 19.4 Å². The third kappa shape index (κ3) is 3.69. The number of aromatic nitrogens is 2. The van der Waals surface area contributed by atoms with Gasteiger partial charge in [-0.3, -0.25) is 9.58 Å². The second-order valence-electron chi connectivity index (χ2n) is 5.77. The van der Waals surface area contributed by atoms with Crippen molar-refractivity contribution in [2.75, 3.05) is 13.1 Å². The molecule has 1 fully saturated rings. The number of hydrogen-bond donors (Lipinski definition) is 2. The molecular weight excluding hydrogens is 298 g/mol. The molecule has 0 unspecified atom stereocenters. The number of hydrogen-bond acceptors (Lipinski definition) is 5. The van der Waals surface area contributed by atoms with E-state index in [-0.39, 0.29) is 11.7 Å². The summed E-state index contributed by atoms with van der Waals surface area (Å²) in [6.07, 6.45) is 2.85. The molecule has 1 aromatic heterocycles. The van der Waals surface area contributed by atoms with Crippen LogP contribution in [0.5, 0.6) is 5.75 Å². The highest BCUT2D eigenvalue weighted by Crippen LogP contribution is 2.21. The van der Waals surface area contributed by atoms with Crippen LogP contribution in [-0.2, 0) is 13.6 Å². The fraction of sp³-hybridized carbons (Fsp3) is 0.375. The van der Waals surface area contributed by atoms with Gasteiger partial charge in [-0.05, 0) is 24.3 Å². The molecule has 122 valence electrons. The average molecular weight is 317 g/mol. The Balaban J connectivity index is 1.59. The van der Waals surface area contributed by atoms with Crippen LogP contribution in [0.4, 0.5) is 0 Å². The molecule has 0 saturated carbocycles. The zero-order chi connectivity index (χ0) is 16.4. The van der Waals surface area contributed by atoms with Gasteiger partial charge in [-0.1, -0.05) is 0 Å². The summed E-state index contributed by atoms with van der Waals surface area (Å²) in [5, 5.41) is 23.2. The number of rotatable bonds is 5. The third-order valence-electron chi connectivity index (χ3n) is 3.87. The van der Waals surface area contributed by atoms with Gasteiger partial charge in [0.2, 0.25) is 0 Å². The van der Waals surface area contributed by atoms with E-state index in [9.17, 15) is 9.90 Å². The van der Waals surface area contributed by atoms with Gasteiger partial charge in [-0.2, -0.15) is 5.10 Å². The molecule has 1 saturated heterocycles. The summed E-state index contributed by atoms with van der Waals surface area (Å²) in [6.45, 7) is 1.85. The zero-order valence-corrected chi connectivity index (χ0v) is 12.8. The summed E-state index contributed by atoms with van der Waals surface area (Å²) in [4.78, 5) is 12.9. The molecule has 2 aromatic rings. The number of likely N-dealkylation sites (tertiary alicyclic amines) is 1. The van der Waals surface area contributed by atoms with Crippen molar-refractivity contribution in [1.82, 2.24) is 14.7 Å². The normalized spacial score (nSPS) is 21.5. The quantitative estimate of drug-likeness (QED) is 0.846. The molecule has 1 aliphatic heterocycles. The van der Waals surface area contributed by atoms with Crippen molar-refractivity contribution in [1.29, 1.82) is 0 Å². The molecule has 3 rings (SSSR count). The van der Waals surface area contributed by atoms with E-state index in [0.717, 1.165) is 5.56 Å². The summed E-state index contributed by atoms with van der Waals surface area (Å²) in [5.74, 6) is -0.414. The summed E-state index contributed by atoms with van der Waals surface area (Å²) in [5.41, 5.74) is 1.30. The SMILES string of the molecule is Cn1cc(CN2C[C@@H](O)[C@H](Oc3ccc(C(=O)O)cc3)C2)cn1. The Hall–Kier alpha value is -2.38. The second-order valence-corrected chi connectivity index (χ2v) is 5.77. The smallest absolute Gasteiger partial charge is 0.335 e. The van der Waals surface area contributed by atoms with Crippen LogP contribution in [0.15, 0.2) is 36.7 Å². The van der Waals surface area contributed by atoms with E-state index in [1.165, 1.54) is 12.1 Å². The van der Waals surface area contributed by atoms with Crippen LogP contribution in [0.1, 0.15) is 15.9 Å². The van der Waals surface area contributed by atoms with Gasteiger partial charge in [0, 0.05) is 38.4 Å². The van der Waals surface area contributed by atoms with Gasteiger partial charge < -0.3 is 14.9 Å². The minimum atomic E-state index is -0.972. The molecule has 0 bridgehead atoms. The van der Waals surface area contributed by atoms with Crippen molar-refractivity contribution in [3.05, 3.63) is 47.8 Å². The number of nitrogens with zero attached hydrogens (tertiary/aromatic N) is 3. The number of carboxylic acid groups (broad SMARTS) is 1. The van der Waals surface area contributed by atoms with E-state index < -0.39 is 12.1 Å². The Labute approximate surface area is 133 Å². The number of aromatic carboxylic acids is 1. The fourth-order valence-electron chi connectivity index (χ4n) is 2.74. The van der Waals surface area contributed by atoms with Crippen molar-refractivity contribution in [3.8, 4) is 5.75 Å². The van der Waals surface area contributed by atoms with E-state index in [2.05, 4.69) is 10.00 Å². The molecule has 0 spiro atoms. The molecule has 23 heavy (non-hydrogen) atoms. The molecular formula is C16H19N3O4. The van der Waals surface area contributed by atoms with Crippen molar-refractivity contribution < 1.29 is 19.7 Å². The van der Waals surface area contributed by atoms with E-state index in [4.69, 9.17) is 9.84 Å². The number of carboxylic acids is 1. The van der Waals surface area contributed by atoms with Crippen LogP contribution >= 0.6 is 0 Å². The first-order valence-corrected chi connectivity index (χ1v) is 7.39. The van der Waals surface area contributed by atoms with Gasteiger partial charge >= 0.3 is 5.97 Å². The number of ether oxygens (including phenoxy) is 1. The Bertz CT molecular complexity index is 683. The molecule has 0 amide bonds. The maximum absolute atomic E-state index is 10.8. The van der Waals surface area contributed by atoms with E-state index >= 15 is 0 Å². The van der Waals surface area contributed by atoms with Gasteiger partial charge in [0.15, 0.2) is 0 Å². The highest BCUT2D eigenvalue weighted by atomic mass is 16.5. The van der Waals surface area contributed by atoms with Crippen LogP contribution in [0, 0.1) is 0 Å². The van der Waals surface area contributed by atoms with Crippen LogP contribution in [0.3, 0.4) is 0 Å². The number of aryl methyl sites for hydroxylation is 1. The Morgan fingerprint density at radius 1 is 1.35 bits per heavy atom. The summed E-state index contributed by atoms with van der Waals surface area (Å²) >= 11 is 0. The zero-order valence-electron chi connectivity index (χ0n) is 12.8. The molecule has 0 radical (unpaired) electrons. The number of carbonyl (C=O) groups is 1. The first kappa shape index (κ1) is 15.5. The summed E-state index contributed by atoms with van der Waals surface area (Å²) in [6, 6.07) is 6.21. The standard InChI is InChI=1S/C16H19N3O4/c1-18-7-11(6-17-18)8-19-9-14(20)15(10-19)23-13-4-2-12(3-5-13)16(21)22/h2-7,14-15,20H,8-10H2,1H3,(H,21,22)/t14-,15-/m1/s1. The first-order valence-electron chi connectivity index (χ1n) is 7.39. The molecule has 2 heterocycles. The number of aliphatic hydroxyl groups excluding tert-OH is 1. The van der Waals surface area contributed by atoms with Crippen molar-refractivity contribution in [2.24, 2.45) is 7.05 Å². The molecule has 7 nitrogen and oxygen atoms in total. The van der Waals surface area contributed by atoms with Gasteiger partial charge in [0.05, 0.1) is 11.8 Å². The largest absolute Gasteiger partial charge is 0.486 e. The lowest BCUT2D eigenvalue weighted by Gasteiger charge is -2.17. The van der Waals surface area contributed by atoms with Crippen LogP contribution < -0.4 is 4.74 Å². The van der Waals surface area contributed by atoms with Gasteiger partial charge in [-0.15, -0.1) is 0 Å². The lowest BCUT2D eigenvalue weighted by Crippen LogP contribution is -2.29. The lowest BCUT2D eigenvalue weighted by molar-refractivity contribution is 0.0693. The fourth-order valence-corrected chi connectivity index (χ4v) is 2.74. The van der Waals surface area contributed by atoms with Crippen LogP contribution in [0.2, 0.25) is 0 Å². The second kappa shape index (κ2) is 6.39. The lowest BCUT2D eigenvalue weighted by atomic mass is 10.2. The predicted molar refractivity (Wildman–Crippen MR) is 82.3 cm³/mol. The van der Waals surface area contributed by atoms with Gasteiger partial charge in [0.1, 0.15) is 18.0 Å². The van der Waals surface area contributed by atoms with E-state index in [0.29, 0.717) is 25.4 Å². The third-order valence-corrected chi connectivity index (χ3v) is 3.87. The average Bonchev–Trinajstić information content (AvgIpc) is 3.06. The minimum Gasteiger partial charge on any atom is -0.486 e. The Morgan fingerprint density at radius 2 is 2.09 bits per heavy atom. The molecule has 1 aliphatic rings. The van der Waals surface area contributed by atoms with Crippen molar-refractivity contribution in [3.63, 3.8) is 0 Å². The van der Waals surface area contributed by atoms with Crippen molar-refractivity contribution >= 4 is 5.97 Å². The maximum atomic E-state index is 10.8. The summed E-state index contributed by atoms with van der Waals surface area (Å²) < 4.78 is 7.54. The number of aliphatic hydroxyl groups is 1. The van der Waals surface area contributed by atoms with E-state index in [1.54, 1.807) is 16.8 Å². The monoisotopic (exact) mass is 317 g/mol. The first-order chi connectivity index (χ1) is 11.0. The Morgan fingerprint density at radius 3 is 2.70 bits per heavy atom. The van der Waals surface area contributed by atoms with Gasteiger partial charge in [0.25, 0.3) is 0 Å². The number of benzene rings is 1.